The van der Waals surface area contributed by atoms with E-state index in [1.165, 1.54) is 15.8 Å². The van der Waals surface area contributed by atoms with Gasteiger partial charge in [0, 0.05) is 26.2 Å². The number of likely N-dealkylation sites (N-methyl/N-ethyl adjacent to an activating group) is 1. The van der Waals surface area contributed by atoms with Gasteiger partial charge in [0.15, 0.2) is 0 Å². The zero-order valence-corrected chi connectivity index (χ0v) is 17.5. The van der Waals surface area contributed by atoms with Crippen molar-refractivity contribution in [2.75, 3.05) is 25.5 Å². The van der Waals surface area contributed by atoms with E-state index in [4.69, 9.17) is 0 Å². The lowest BCUT2D eigenvalue weighted by atomic mass is 9.87. The van der Waals surface area contributed by atoms with Gasteiger partial charge in [-0.3, -0.25) is 4.79 Å². The summed E-state index contributed by atoms with van der Waals surface area (Å²) in [5, 5.41) is 7.64. The van der Waals surface area contributed by atoms with Gasteiger partial charge in [0.05, 0.1) is 11.9 Å². The first kappa shape index (κ1) is 19.1. The van der Waals surface area contributed by atoms with E-state index >= 15 is 0 Å². The number of nitrogens with one attached hydrogen (secondary N) is 1. The van der Waals surface area contributed by atoms with Crippen molar-refractivity contribution >= 4 is 21.6 Å². The molecule has 2 aromatic rings. The lowest BCUT2D eigenvalue weighted by molar-refractivity contribution is 0.235. The van der Waals surface area contributed by atoms with Crippen molar-refractivity contribution in [1.29, 1.82) is 0 Å². The maximum Gasteiger partial charge on any atom is 0.282 e. The minimum Gasteiger partial charge on any atom is -0.379 e. The largest absolute Gasteiger partial charge is 0.379 e. The van der Waals surface area contributed by atoms with Crippen LogP contribution < -0.4 is 10.9 Å². The molecule has 1 aliphatic heterocycles. The molecule has 6 heteroatoms. The highest BCUT2D eigenvalue weighted by atomic mass is 79.9. The number of piperidine rings is 1. The fourth-order valence-electron chi connectivity index (χ4n) is 3.65. The van der Waals surface area contributed by atoms with E-state index in [1.54, 1.807) is 13.2 Å². The Labute approximate surface area is 163 Å². The van der Waals surface area contributed by atoms with Gasteiger partial charge in [-0.05, 0) is 52.4 Å². The molecular formula is C20H27BrN4O. The highest BCUT2D eigenvalue weighted by Crippen LogP contribution is 2.30. The van der Waals surface area contributed by atoms with E-state index < -0.39 is 0 Å². The molecule has 1 aromatic carbocycles. The molecule has 0 bridgehead atoms. The highest BCUT2D eigenvalue weighted by Gasteiger charge is 2.27. The van der Waals surface area contributed by atoms with Crippen molar-refractivity contribution in [2.24, 2.45) is 7.05 Å². The number of rotatable bonds is 4. The minimum absolute atomic E-state index is 0.125. The Kier molecular flexibility index (Phi) is 5.82. The molecule has 0 aliphatic carbocycles. The molecule has 2 heterocycles. The van der Waals surface area contributed by atoms with Crippen LogP contribution in [-0.4, -0.2) is 40.9 Å². The third kappa shape index (κ3) is 4.18. The second-order valence-electron chi connectivity index (χ2n) is 7.62. The average Bonchev–Trinajstić information content (AvgIpc) is 2.62. The lowest BCUT2D eigenvalue weighted by Gasteiger charge is -2.37. The molecular weight excluding hydrogens is 392 g/mol. The number of likely N-dealkylation sites (tertiary alicyclic amines) is 1. The van der Waals surface area contributed by atoms with Crippen molar-refractivity contribution in [2.45, 2.75) is 38.1 Å². The number of hydrogen-bond donors (Lipinski definition) is 1. The number of hydrogen-bond acceptors (Lipinski definition) is 4. The number of anilines is 1. The summed E-state index contributed by atoms with van der Waals surface area (Å²) < 4.78 is 1.88. The van der Waals surface area contributed by atoms with Gasteiger partial charge in [0.2, 0.25) is 0 Å². The molecule has 2 atom stereocenters. The second-order valence-corrected chi connectivity index (χ2v) is 8.41. The zero-order chi connectivity index (χ0) is 18.8. The highest BCUT2D eigenvalue weighted by molar-refractivity contribution is 9.10. The Bertz CT molecular complexity index is 816. The molecule has 0 spiro atoms. The summed E-state index contributed by atoms with van der Waals surface area (Å²) in [6, 6.07) is 9.31. The topological polar surface area (TPSA) is 50.2 Å². The van der Waals surface area contributed by atoms with E-state index in [-0.39, 0.29) is 11.6 Å². The maximum atomic E-state index is 12.1. The van der Waals surface area contributed by atoms with Gasteiger partial charge < -0.3 is 10.2 Å². The van der Waals surface area contributed by atoms with Crippen LogP contribution in [0.3, 0.4) is 0 Å². The summed E-state index contributed by atoms with van der Waals surface area (Å²) in [4.78, 5) is 14.4. The molecule has 1 saturated heterocycles. The summed E-state index contributed by atoms with van der Waals surface area (Å²) >= 11 is 3.41. The van der Waals surface area contributed by atoms with E-state index in [1.807, 2.05) is 0 Å². The quantitative estimate of drug-likeness (QED) is 0.824. The molecule has 1 aromatic heterocycles. The number of nitrogens with zero attached hydrogens (tertiary/aromatic N) is 3. The maximum absolute atomic E-state index is 12.1. The minimum atomic E-state index is -0.125. The lowest BCUT2D eigenvalue weighted by Crippen LogP contribution is -2.43. The third-order valence-electron chi connectivity index (χ3n) is 5.15. The van der Waals surface area contributed by atoms with Crippen LogP contribution in [0.2, 0.25) is 0 Å². The first-order valence-electron chi connectivity index (χ1n) is 9.12. The van der Waals surface area contributed by atoms with E-state index in [2.05, 4.69) is 76.4 Å². The molecule has 0 saturated carbocycles. The molecule has 26 heavy (non-hydrogen) atoms. The molecule has 3 rings (SSSR count). The Morgan fingerprint density at radius 1 is 1.19 bits per heavy atom. The Balaban J connectivity index is 1.76. The van der Waals surface area contributed by atoms with Crippen molar-refractivity contribution in [3.05, 3.63) is 56.4 Å². The fraction of sp³-hybridized carbons (Fsp3) is 0.500. The predicted molar refractivity (Wildman–Crippen MR) is 110 cm³/mol. The summed E-state index contributed by atoms with van der Waals surface area (Å²) in [5.41, 5.74) is 3.40. The average molecular weight is 419 g/mol. The SMILES string of the molecule is CC(C)c1ccc([C@H]2C[C@@H](Nc3cnn(C)c(=O)c3Br)CN(C)C2)cc1. The number of halogens is 1. The van der Waals surface area contributed by atoms with Crippen molar-refractivity contribution < 1.29 is 0 Å². The van der Waals surface area contributed by atoms with Crippen LogP contribution in [0, 0.1) is 0 Å². The Morgan fingerprint density at radius 2 is 1.88 bits per heavy atom. The molecule has 0 radical (unpaired) electrons. The van der Waals surface area contributed by atoms with E-state index in [9.17, 15) is 4.79 Å². The van der Waals surface area contributed by atoms with Crippen molar-refractivity contribution in [1.82, 2.24) is 14.7 Å². The molecule has 1 aliphatic rings. The summed E-state index contributed by atoms with van der Waals surface area (Å²) in [6.07, 6.45) is 2.75. The molecule has 5 nitrogen and oxygen atoms in total. The van der Waals surface area contributed by atoms with Crippen LogP contribution in [0.15, 0.2) is 39.7 Å². The fourth-order valence-corrected chi connectivity index (χ4v) is 4.12. The van der Waals surface area contributed by atoms with Crippen LogP contribution in [0.4, 0.5) is 5.69 Å². The Morgan fingerprint density at radius 3 is 2.54 bits per heavy atom. The predicted octanol–water partition coefficient (Wildman–Crippen LogP) is 3.57. The van der Waals surface area contributed by atoms with Crippen LogP contribution in [0.5, 0.6) is 0 Å². The normalized spacial score (nSPS) is 21.2. The monoisotopic (exact) mass is 418 g/mol. The van der Waals surface area contributed by atoms with Crippen molar-refractivity contribution in [3.8, 4) is 0 Å². The van der Waals surface area contributed by atoms with Crippen LogP contribution in [-0.2, 0) is 7.05 Å². The second kappa shape index (κ2) is 7.92. The van der Waals surface area contributed by atoms with E-state index in [0.717, 1.165) is 25.2 Å². The summed E-state index contributed by atoms with van der Waals surface area (Å²) in [5.74, 6) is 1.03. The molecule has 0 amide bonds. The number of benzene rings is 1. The van der Waals surface area contributed by atoms with Gasteiger partial charge in [0.25, 0.3) is 5.56 Å². The first-order valence-corrected chi connectivity index (χ1v) is 9.91. The van der Waals surface area contributed by atoms with Gasteiger partial charge in [-0.25, -0.2) is 4.68 Å². The van der Waals surface area contributed by atoms with Gasteiger partial charge in [-0.2, -0.15) is 5.10 Å². The standard InChI is InChI=1S/C20H27BrN4O/c1-13(2)14-5-7-15(8-6-14)16-9-17(12-24(3)11-16)23-18-10-22-25(4)20(26)19(18)21/h5-8,10,13,16-17,23H,9,11-12H2,1-4H3/t16-,17+/m0/s1. The third-order valence-corrected chi connectivity index (χ3v) is 5.91. The van der Waals surface area contributed by atoms with Gasteiger partial charge >= 0.3 is 0 Å². The summed E-state index contributed by atoms with van der Waals surface area (Å²) in [6.45, 7) is 6.44. The molecule has 0 unspecified atom stereocenters. The Hall–Kier alpha value is -1.66. The number of aromatic nitrogens is 2. The summed E-state index contributed by atoms with van der Waals surface area (Å²) in [7, 11) is 3.81. The molecule has 1 N–H and O–H groups in total. The smallest absolute Gasteiger partial charge is 0.282 e. The molecule has 1 fully saturated rings. The number of aryl methyl sites for hydroxylation is 1. The van der Waals surface area contributed by atoms with Crippen LogP contribution in [0.25, 0.3) is 0 Å². The molecule has 140 valence electrons. The van der Waals surface area contributed by atoms with Gasteiger partial charge in [0.1, 0.15) is 4.47 Å². The van der Waals surface area contributed by atoms with E-state index in [0.29, 0.717) is 16.3 Å². The van der Waals surface area contributed by atoms with Gasteiger partial charge in [-0.15, -0.1) is 0 Å². The van der Waals surface area contributed by atoms with Gasteiger partial charge in [-0.1, -0.05) is 38.1 Å². The zero-order valence-electron chi connectivity index (χ0n) is 15.9. The van der Waals surface area contributed by atoms with Crippen LogP contribution >= 0.6 is 15.9 Å². The first-order chi connectivity index (χ1) is 12.3. The van der Waals surface area contributed by atoms with Crippen LogP contribution in [0.1, 0.15) is 43.2 Å². The van der Waals surface area contributed by atoms with Crippen molar-refractivity contribution in [3.63, 3.8) is 0 Å².